The summed E-state index contributed by atoms with van der Waals surface area (Å²) in [5.74, 6) is -0.946. The van der Waals surface area contributed by atoms with Crippen molar-refractivity contribution in [2.45, 2.75) is 13.5 Å². The van der Waals surface area contributed by atoms with Crippen LogP contribution >= 0.6 is 0 Å². The third-order valence-electron chi connectivity index (χ3n) is 4.27. The molecule has 3 N–H and O–H groups in total. The molecule has 0 atom stereocenters. The van der Waals surface area contributed by atoms with E-state index >= 15 is 4.39 Å². The first-order chi connectivity index (χ1) is 13.0. The molecular formula is C19H15F2N5O. The zero-order valence-corrected chi connectivity index (χ0v) is 14.3. The number of benzene rings is 2. The molecule has 0 saturated carbocycles. The van der Waals surface area contributed by atoms with Crippen molar-refractivity contribution in [3.63, 3.8) is 0 Å². The number of anilines is 1. The molecule has 2 heterocycles. The maximum Gasteiger partial charge on any atom is 0.207 e. The number of ether oxygens (including phenoxy) is 1. The van der Waals surface area contributed by atoms with E-state index < -0.39 is 11.6 Å². The Bertz CT molecular complexity index is 1140. The number of aromatic amines is 1. The number of nitrogens with zero attached hydrogens (tertiary/aromatic N) is 3. The van der Waals surface area contributed by atoms with Gasteiger partial charge >= 0.3 is 0 Å². The summed E-state index contributed by atoms with van der Waals surface area (Å²) in [6, 6.07) is 11.4. The molecule has 2 aromatic carbocycles. The number of H-pyrrole nitrogens is 1. The van der Waals surface area contributed by atoms with Gasteiger partial charge in [0.15, 0.2) is 11.3 Å². The third-order valence-corrected chi connectivity index (χ3v) is 4.27. The van der Waals surface area contributed by atoms with Gasteiger partial charge in [0, 0.05) is 11.6 Å². The number of pyridine rings is 1. The summed E-state index contributed by atoms with van der Waals surface area (Å²) in [6.45, 7) is 1.54. The molecule has 27 heavy (non-hydrogen) atoms. The van der Waals surface area contributed by atoms with Gasteiger partial charge in [-0.1, -0.05) is 24.3 Å². The molecule has 0 saturated heterocycles. The minimum absolute atomic E-state index is 0.168. The highest BCUT2D eigenvalue weighted by molar-refractivity contribution is 5.79. The van der Waals surface area contributed by atoms with Crippen LogP contribution in [0, 0.1) is 18.6 Å². The van der Waals surface area contributed by atoms with Gasteiger partial charge in [-0.15, -0.1) is 5.10 Å². The quantitative estimate of drug-likeness (QED) is 0.573. The van der Waals surface area contributed by atoms with Crippen molar-refractivity contribution < 1.29 is 13.5 Å². The first-order valence-electron chi connectivity index (χ1n) is 8.17. The lowest BCUT2D eigenvalue weighted by Gasteiger charge is -2.13. The molecule has 0 aliphatic heterocycles. The topological polar surface area (TPSA) is 89.7 Å². The minimum Gasteiger partial charge on any atom is -0.486 e. The second-order valence-corrected chi connectivity index (χ2v) is 6.03. The molecule has 0 amide bonds. The number of hydrogen-bond donors (Lipinski definition) is 2. The van der Waals surface area contributed by atoms with Gasteiger partial charge in [0.2, 0.25) is 5.65 Å². The molecule has 0 radical (unpaired) electrons. The van der Waals surface area contributed by atoms with E-state index in [1.165, 1.54) is 18.2 Å². The van der Waals surface area contributed by atoms with Crippen molar-refractivity contribution in [2.75, 3.05) is 5.73 Å². The molecule has 4 aromatic rings. The van der Waals surface area contributed by atoms with Gasteiger partial charge in [0.25, 0.3) is 0 Å². The summed E-state index contributed by atoms with van der Waals surface area (Å²) in [7, 11) is 0. The van der Waals surface area contributed by atoms with Gasteiger partial charge in [-0.25, -0.2) is 13.8 Å². The molecule has 0 unspecified atom stereocenters. The highest BCUT2D eigenvalue weighted by Gasteiger charge is 2.18. The molecule has 136 valence electrons. The molecule has 0 bridgehead atoms. The highest BCUT2D eigenvalue weighted by Crippen LogP contribution is 2.30. The summed E-state index contributed by atoms with van der Waals surface area (Å²) >= 11 is 0. The Balaban J connectivity index is 1.71. The first kappa shape index (κ1) is 16.9. The van der Waals surface area contributed by atoms with Crippen LogP contribution in [0.25, 0.3) is 22.3 Å². The van der Waals surface area contributed by atoms with Gasteiger partial charge in [-0.2, -0.15) is 10.3 Å². The zero-order chi connectivity index (χ0) is 19.0. The Labute approximate surface area is 153 Å². The Morgan fingerprint density at radius 1 is 1.07 bits per heavy atom. The van der Waals surface area contributed by atoms with Gasteiger partial charge in [-0.05, 0) is 30.2 Å². The van der Waals surface area contributed by atoms with Crippen LogP contribution < -0.4 is 10.5 Å². The number of nitrogen functional groups attached to an aromatic ring is 1. The van der Waals surface area contributed by atoms with Crippen LogP contribution in [0.2, 0.25) is 0 Å². The van der Waals surface area contributed by atoms with E-state index in [0.29, 0.717) is 16.6 Å². The normalized spacial score (nSPS) is 11.1. The molecule has 2 aromatic heterocycles. The predicted molar refractivity (Wildman–Crippen MR) is 97.0 cm³/mol. The van der Waals surface area contributed by atoms with Crippen molar-refractivity contribution in [2.24, 2.45) is 0 Å². The average molecular weight is 367 g/mol. The number of nitrogens with two attached hydrogens (primary N) is 1. The van der Waals surface area contributed by atoms with Gasteiger partial charge < -0.3 is 10.5 Å². The number of nitrogens with one attached hydrogen (secondary N) is 1. The van der Waals surface area contributed by atoms with E-state index in [9.17, 15) is 4.39 Å². The number of aryl methyl sites for hydroxylation is 1. The van der Waals surface area contributed by atoms with Crippen LogP contribution in [0.3, 0.4) is 0 Å². The maximum atomic E-state index is 15.0. The fourth-order valence-corrected chi connectivity index (χ4v) is 2.90. The number of rotatable bonds is 4. The monoisotopic (exact) mass is 367 g/mol. The lowest BCUT2D eigenvalue weighted by molar-refractivity contribution is 0.295. The van der Waals surface area contributed by atoms with Crippen molar-refractivity contribution >= 4 is 17.0 Å². The fraction of sp³-hybridized carbons (Fsp3) is 0.105. The molecule has 8 heteroatoms. The van der Waals surface area contributed by atoms with Gasteiger partial charge in [0.05, 0.1) is 5.56 Å². The van der Waals surface area contributed by atoms with E-state index in [-0.39, 0.29) is 29.4 Å². The second-order valence-electron chi connectivity index (χ2n) is 6.03. The maximum absolute atomic E-state index is 15.0. The van der Waals surface area contributed by atoms with Gasteiger partial charge in [0.1, 0.15) is 24.1 Å². The van der Waals surface area contributed by atoms with Crippen molar-refractivity contribution in [1.82, 2.24) is 20.4 Å². The summed E-state index contributed by atoms with van der Waals surface area (Å²) in [4.78, 5) is 3.99. The van der Waals surface area contributed by atoms with E-state index in [4.69, 9.17) is 10.5 Å². The van der Waals surface area contributed by atoms with Gasteiger partial charge in [-0.3, -0.25) is 0 Å². The number of fused-ring (bicyclic) bond motifs is 1. The molecule has 0 fully saturated rings. The minimum atomic E-state index is -0.691. The van der Waals surface area contributed by atoms with E-state index in [1.54, 1.807) is 6.07 Å². The van der Waals surface area contributed by atoms with Crippen LogP contribution in [0.4, 0.5) is 14.6 Å². The predicted octanol–water partition coefficient (Wildman–Crippen LogP) is 3.77. The summed E-state index contributed by atoms with van der Waals surface area (Å²) in [6.07, 6.45) is 0. The average Bonchev–Trinajstić information content (AvgIpc) is 3.11. The van der Waals surface area contributed by atoms with Crippen LogP contribution in [-0.4, -0.2) is 20.4 Å². The van der Waals surface area contributed by atoms with E-state index in [0.717, 1.165) is 5.56 Å². The van der Waals surface area contributed by atoms with Crippen LogP contribution in [0.1, 0.15) is 11.1 Å². The van der Waals surface area contributed by atoms with E-state index in [1.807, 2.05) is 25.1 Å². The number of hydrogen-bond acceptors (Lipinski definition) is 5. The van der Waals surface area contributed by atoms with Crippen molar-refractivity contribution in [3.05, 3.63) is 65.2 Å². The Morgan fingerprint density at radius 2 is 1.89 bits per heavy atom. The second kappa shape index (κ2) is 6.64. The molecule has 0 spiro atoms. The molecule has 4 rings (SSSR count). The standard InChI is InChI=1S/C19H15F2N5O/c1-10-4-2-3-5-11(10)12-6-7-14(20)13(17(12)21)9-27-15-8-16(22)23-19-18(15)24-26-25-19/h2-8H,9H2,1H3,(H3,22,23,24,25,26). The highest BCUT2D eigenvalue weighted by atomic mass is 19.1. The largest absolute Gasteiger partial charge is 0.486 e. The van der Waals surface area contributed by atoms with Crippen molar-refractivity contribution in [1.29, 1.82) is 0 Å². The lowest BCUT2D eigenvalue weighted by atomic mass is 9.98. The smallest absolute Gasteiger partial charge is 0.207 e. The van der Waals surface area contributed by atoms with Crippen LogP contribution in [-0.2, 0) is 6.61 Å². The van der Waals surface area contributed by atoms with Crippen LogP contribution in [0.5, 0.6) is 5.75 Å². The molecular weight excluding hydrogens is 352 g/mol. The molecule has 0 aliphatic rings. The lowest BCUT2D eigenvalue weighted by Crippen LogP contribution is -2.05. The SMILES string of the molecule is Cc1ccccc1-c1ccc(F)c(COc2cc(N)nc3n[nH]nc23)c1F. The summed E-state index contributed by atoms with van der Waals surface area (Å²) < 4.78 is 34.9. The zero-order valence-electron chi connectivity index (χ0n) is 14.3. The Hall–Kier alpha value is -3.55. The fourth-order valence-electron chi connectivity index (χ4n) is 2.90. The van der Waals surface area contributed by atoms with Crippen molar-refractivity contribution in [3.8, 4) is 16.9 Å². The van der Waals surface area contributed by atoms with E-state index in [2.05, 4.69) is 20.4 Å². The summed E-state index contributed by atoms with van der Waals surface area (Å²) in [5.41, 5.74) is 8.03. The number of halogens is 2. The third kappa shape index (κ3) is 3.05. The molecule has 0 aliphatic carbocycles. The Kier molecular flexibility index (Phi) is 4.15. The molecule has 6 nitrogen and oxygen atoms in total. The number of aromatic nitrogens is 4. The first-order valence-corrected chi connectivity index (χ1v) is 8.17. The Morgan fingerprint density at radius 3 is 2.70 bits per heavy atom. The summed E-state index contributed by atoms with van der Waals surface area (Å²) in [5, 5.41) is 10.2. The van der Waals surface area contributed by atoms with Crippen LogP contribution in [0.15, 0.2) is 42.5 Å².